The Morgan fingerprint density at radius 3 is 2.36 bits per heavy atom. The number of nitrogens with one attached hydrogen (secondary N) is 1. The van der Waals surface area contributed by atoms with E-state index >= 15 is 0 Å². The van der Waals surface area contributed by atoms with Crippen molar-refractivity contribution < 1.29 is 17.6 Å². The molecule has 0 spiro atoms. The summed E-state index contributed by atoms with van der Waals surface area (Å²) in [6, 6.07) is 4.28. The minimum absolute atomic E-state index is 0. The highest BCUT2D eigenvalue weighted by atomic mass is 35.5. The van der Waals surface area contributed by atoms with Crippen LogP contribution in [-0.4, -0.2) is 31.1 Å². The molecule has 0 radical (unpaired) electrons. The molecule has 0 aliphatic carbocycles. The molecule has 1 fully saturated rings. The zero-order valence-electron chi connectivity index (χ0n) is 11.7. The molecule has 2 aromatic rings. The van der Waals surface area contributed by atoms with Crippen molar-refractivity contribution in [1.29, 1.82) is 0 Å². The summed E-state index contributed by atoms with van der Waals surface area (Å²) in [6.45, 7) is 2.60. The molecule has 7 heteroatoms. The molecule has 1 aliphatic rings. The fourth-order valence-corrected chi connectivity index (χ4v) is 2.69. The Morgan fingerprint density at radius 2 is 1.73 bits per heavy atom. The largest absolute Gasteiger partial charge is 0.467 e. The summed E-state index contributed by atoms with van der Waals surface area (Å²) in [5.74, 6) is -2.58. The lowest BCUT2D eigenvalue weighted by atomic mass is 10.00. The Hall–Kier alpha value is -1.50. The summed E-state index contributed by atoms with van der Waals surface area (Å²) in [6.07, 6.45) is 1.44. The zero-order valence-corrected chi connectivity index (χ0v) is 12.5. The predicted molar refractivity (Wildman–Crippen MR) is 78.6 cm³/mol. The predicted octanol–water partition coefficient (Wildman–Crippen LogP) is 3.11. The topological polar surface area (TPSA) is 28.4 Å². The van der Waals surface area contributed by atoms with Crippen molar-refractivity contribution in [1.82, 2.24) is 10.2 Å². The van der Waals surface area contributed by atoms with Crippen molar-refractivity contribution in [2.75, 3.05) is 26.2 Å². The van der Waals surface area contributed by atoms with Gasteiger partial charge < -0.3 is 9.73 Å². The molecule has 0 unspecified atom stereocenters. The maximum Gasteiger partial charge on any atom is 0.167 e. The summed E-state index contributed by atoms with van der Waals surface area (Å²) in [5, 5.41) is 3.17. The summed E-state index contributed by atoms with van der Waals surface area (Å²) in [4.78, 5) is 1.89. The first-order valence-corrected chi connectivity index (χ1v) is 6.80. The number of piperazine rings is 1. The molecule has 22 heavy (non-hydrogen) atoms. The van der Waals surface area contributed by atoms with E-state index in [1.54, 1.807) is 12.1 Å². The Kier molecular flexibility index (Phi) is 5.50. The van der Waals surface area contributed by atoms with Crippen molar-refractivity contribution in [2.45, 2.75) is 6.04 Å². The molecular formula is C15H16ClF3N2O. The molecular weight excluding hydrogens is 317 g/mol. The third kappa shape index (κ3) is 3.14. The van der Waals surface area contributed by atoms with Crippen LogP contribution in [0.25, 0.3) is 0 Å². The van der Waals surface area contributed by atoms with Gasteiger partial charge in [0.2, 0.25) is 0 Å². The summed E-state index contributed by atoms with van der Waals surface area (Å²) in [5.41, 5.74) is -0.299. The number of benzene rings is 1. The van der Waals surface area contributed by atoms with Gasteiger partial charge in [-0.15, -0.1) is 12.4 Å². The van der Waals surface area contributed by atoms with E-state index in [4.69, 9.17) is 4.42 Å². The van der Waals surface area contributed by atoms with Crippen LogP contribution in [0, 0.1) is 17.5 Å². The maximum atomic E-state index is 14.2. The highest BCUT2D eigenvalue weighted by molar-refractivity contribution is 5.85. The van der Waals surface area contributed by atoms with E-state index in [9.17, 15) is 13.2 Å². The van der Waals surface area contributed by atoms with Crippen LogP contribution in [-0.2, 0) is 0 Å². The molecule has 120 valence electrons. The first-order chi connectivity index (χ1) is 10.2. The molecule has 1 N–H and O–H groups in total. The highest BCUT2D eigenvalue weighted by Crippen LogP contribution is 2.33. The Morgan fingerprint density at radius 1 is 1.05 bits per heavy atom. The smallest absolute Gasteiger partial charge is 0.167 e. The van der Waals surface area contributed by atoms with Gasteiger partial charge in [-0.25, -0.2) is 13.2 Å². The summed E-state index contributed by atoms with van der Waals surface area (Å²) >= 11 is 0. The van der Waals surface area contributed by atoms with Crippen molar-refractivity contribution in [3.05, 3.63) is 59.3 Å². The number of nitrogens with zero attached hydrogens (tertiary/aromatic N) is 1. The van der Waals surface area contributed by atoms with E-state index in [1.807, 2.05) is 4.90 Å². The number of halogens is 4. The van der Waals surface area contributed by atoms with Gasteiger partial charge in [0.25, 0.3) is 0 Å². The Labute approximate surface area is 132 Å². The zero-order chi connectivity index (χ0) is 14.8. The van der Waals surface area contributed by atoms with Gasteiger partial charge in [-0.05, 0) is 24.3 Å². The third-order valence-electron chi connectivity index (χ3n) is 3.68. The van der Waals surface area contributed by atoms with Crippen molar-refractivity contribution in [2.24, 2.45) is 0 Å². The molecule has 3 rings (SSSR count). The van der Waals surface area contributed by atoms with Crippen LogP contribution in [0.15, 0.2) is 34.9 Å². The van der Waals surface area contributed by atoms with Crippen LogP contribution in [0.5, 0.6) is 0 Å². The number of hydrogen-bond donors (Lipinski definition) is 1. The molecule has 0 amide bonds. The van der Waals surface area contributed by atoms with Gasteiger partial charge in [0.1, 0.15) is 11.6 Å². The average molecular weight is 333 g/mol. The number of rotatable bonds is 3. The average Bonchev–Trinajstić information content (AvgIpc) is 3.02. The standard InChI is InChI=1S/C15H15F3N2O.ClH/c16-10-3-4-11(17)14(18)13(10)15(12-2-1-9-21-12)20-7-5-19-6-8-20;/h1-4,9,15,19H,5-8H2;1H/t15-;/m1./s1. The molecule has 0 bridgehead atoms. The molecule has 1 aromatic heterocycles. The van der Waals surface area contributed by atoms with Gasteiger partial charge in [0.05, 0.1) is 17.9 Å². The maximum absolute atomic E-state index is 14.2. The van der Waals surface area contributed by atoms with Gasteiger partial charge in [-0.2, -0.15) is 0 Å². The molecule has 1 aliphatic heterocycles. The van der Waals surface area contributed by atoms with E-state index < -0.39 is 23.5 Å². The fraction of sp³-hybridized carbons (Fsp3) is 0.333. The second kappa shape index (κ2) is 7.17. The minimum atomic E-state index is -1.16. The lowest BCUT2D eigenvalue weighted by Gasteiger charge is -2.34. The molecule has 2 heterocycles. The molecule has 3 nitrogen and oxygen atoms in total. The van der Waals surface area contributed by atoms with E-state index in [2.05, 4.69) is 5.32 Å². The second-order valence-electron chi connectivity index (χ2n) is 4.96. The molecule has 1 saturated heterocycles. The summed E-state index contributed by atoms with van der Waals surface area (Å²) in [7, 11) is 0. The van der Waals surface area contributed by atoms with Crippen LogP contribution in [0.3, 0.4) is 0 Å². The first-order valence-electron chi connectivity index (χ1n) is 6.80. The highest BCUT2D eigenvalue weighted by Gasteiger charge is 2.32. The van der Waals surface area contributed by atoms with E-state index in [0.29, 0.717) is 31.9 Å². The van der Waals surface area contributed by atoms with E-state index in [0.717, 1.165) is 12.1 Å². The van der Waals surface area contributed by atoms with Crippen LogP contribution < -0.4 is 5.32 Å². The minimum Gasteiger partial charge on any atom is -0.467 e. The van der Waals surface area contributed by atoms with Gasteiger partial charge in [0.15, 0.2) is 11.6 Å². The van der Waals surface area contributed by atoms with Crippen LogP contribution in [0.4, 0.5) is 13.2 Å². The SMILES string of the molecule is Cl.Fc1ccc(F)c([C@@H](c2ccco2)N2CCNCC2)c1F. The van der Waals surface area contributed by atoms with Gasteiger partial charge in [-0.1, -0.05) is 0 Å². The molecule has 1 atom stereocenters. The second-order valence-corrected chi connectivity index (χ2v) is 4.96. The Bertz CT molecular complexity index is 616. The van der Waals surface area contributed by atoms with Gasteiger partial charge >= 0.3 is 0 Å². The fourth-order valence-electron chi connectivity index (χ4n) is 2.69. The monoisotopic (exact) mass is 332 g/mol. The van der Waals surface area contributed by atoms with Crippen LogP contribution in [0.2, 0.25) is 0 Å². The number of hydrogen-bond acceptors (Lipinski definition) is 3. The van der Waals surface area contributed by atoms with E-state index in [-0.39, 0.29) is 18.0 Å². The van der Waals surface area contributed by atoms with Crippen molar-refractivity contribution >= 4 is 12.4 Å². The van der Waals surface area contributed by atoms with Gasteiger partial charge in [-0.3, -0.25) is 4.90 Å². The Balaban J connectivity index is 0.00000176. The third-order valence-corrected chi connectivity index (χ3v) is 3.68. The molecule has 0 saturated carbocycles. The quantitative estimate of drug-likeness (QED) is 0.875. The first kappa shape index (κ1) is 16.9. The lowest BCUT2D eigenvalue weighted by molar-refractivity contribution is 0.173. The van der Waals surface area contributed by atoms with Crippen LogP contribution in [0.1, 0.15) is 17.4 Å². The van der Waals surface area contributed by atoms with Crippen molar-refractivity contribution in [3.63, 3.8) is 0 Å². The van der Waals surface area contributed by atoms with Crippen LogP contribution >= 0.6 is 12.4 Å². The summed E-state index contributed by atoms with van der Waals surface area (Å²) < 4.78 is 47.2. The molecule has 1 aromatic carbocycles. The lowest BCUT2D eigenvalue weighted by Crippen LogP contribution is -2.45. The normalized spacial score (nSPS) is 17.0. The van der Waals surface area contributed by atoms with Crippen molar-refractivity contribution in [3.8, 4) is 0 Å². The van der Waals surface area contributed by atoms with Gasteiger partial charge in [0, 0.05) is 26.2 Å². The number of furan rings is 1. The van der Waals surface area contributed by atoms with E-state index in [1.165, 1.54) is 6.26 Å².